The van der Waals surface area contributed by atoms with E-state index in [0.717, 1.165) is 40.2 Å². The Labute approximate surface area is 276 Å². The van der Waals surface area contributed by atoms with Crippen LogP contribution in [0.1, 0.15) is 43.9 Å². The normalized spacial score (nSPS) is 13.9. The number of benzene rings is 3. The molecule has 3 atom stereocenters. The van der Waals surface area contributed by atoms with Crippen molar-refractivity contribution in [2.24, 2.45) is 5.92 Å². The molecule has 0 heterocycles. The molecule has 0 N–H and O–H groups in total. The molecule has 252 valence electrons. The fourth-order valence-electron chi connectivity index (χ4n) is 4.60. The summed E-state index contributed by atoms with van der Waals surface area (Å²) in [5, 5.41) is 0.0106. The van der Waals surface area contributed by atoms with Crippen LogP contribution in [0.25, 0.3) is 0 Å². The Morgan fingerprint density at radius 2 is 1.09 bits per heavy atom. The van der Waals surface area contributed by atoms with Crippen molar-refractivity contribution in [3.8, 4) is 17.2 Å². The summed E-state index contributed by atoms with van der Waals surface area (Å²) in [7, 11) is 2.79. The fraction of sp³-hybridized carbons (Fsp3) is 0.486. The lowest BCUT2D eigenvalue weighted by atomic mass is 9.95. The van der Waals surface area contributed by atoms with Gasteiger partial charge in [0.15, 0.2) is 8.32 Å². The average molecular weight is 653 g/mol. The summed E-state index contributed by atoms with van der Waals surface area (Å²) in [4.78, 5) is 12.1. The SMILES string of the molecule is COc1ccc(COC[C@@H](CC=O)[C@@H](OCc2ccc(OC)cc2)[C@@H](CO[Si](C)(C)C(C)(C)C)OCc2ccc(OC)cc2)cc1. The van der Waals surface area contributed by atoms with Crippen molar-refractivity contribution in [2.75, 3.05) is 34.5 Å². The fourth-order valence-corrected chi connectivity index (χ4v) is 5.62. The highest BCUT2D eigenvalue weighted by Gasteiger charge is 2.40. The van der Waals surface area contributed by atoms with Crippen molar-refractivity contribution in [2.45, 2.75) is 77.4 Å². The first-order valence-corrected chi connectivity index (χ1v) is 18.7. The van der Waals surface area contributed by atoms with Crippen molar-refractivity contribution in [3.05, 3.63) is 89.5 Å². The van der Waals surface area contributed by atoms with E-state index in [1.807, 2.05) is 72.8 Å². The van der Waals surface area contributed by atoms with E-state index in [9.17, 15) is 4.79 Å². The van der Waals surface area contributed by atoms with Gasteiger partial charge in [0.05, 0.1) is 60.5 Å². The van der Waals surface area contributed by atoms with E-state index in [1.54, 1.807) is 21.3 Å². The Bertz CT molecular complexity index is 1290. The molecule has 0 amide bonds. The van der Waals surface area contributed by atoms with Gasteiger partial charge in [0.1, 0.15) is 29.6 Å². The topological polar surface area (TPSA) is 81.7 Å². The summed E-state index contributed by atoms with van der Waals surface area (Å²) >= 11 is 0. The van der Waals surface area contributed by atoms with Gasteiger partial charge in [-0.1, -0.05) is 57.2 Å². The third kappa shape index (κ3) is 11.5. The van der Waals surface area contributed by atoms with E-state index in [2.05, 4.69) is 33.9 Å². The predicted molar refractivity (Wildman–Crippen MR) is 183 cm³/mol. The number of hydrogen-bond acceptors (Lipinski definition) is 8. The standard InChI is InChI=1S/C37H52O8Si/c1-37(2,3)46(7,8)45-27-35(43-24-29-11-17-33(40-5)18-12-29)36(44-25-30-13-19-34(41-6)20-14-30)31(21-22-38)26-42-23-28-9-15-32(39-4)16-10-28/h9-20,22,31,35-36H,21,23-27H2,1-8H3/t31-,35-,36-/m1/s1. The molecule has 0 spiro atoms. The van der Waals surface area contributed by atoms with Gasteiger partial charge in [0.2, 0.25) is 0 Å². The Hall–Kier alpha value is -3.21. The van der Waals surface area contributed by atoms with Gasteiger partial charge in [-0.15, -0.1) is 0 Å². The highest BCUT2D eigenvalue weighted by molar-refractivity contribution is 6.74. The van der Waals surface area contributed by atoms with Crippen LogP contribution in [-0.4, -0.2) is 61.4 Å². The number of carbonyl (C=O) groups is 1. The first-order valence-electron chi connectivity index (χ1n) is 15.8. The lowest BCUT2D eigenvalue weighted by Gasteiger charge is -2.39. The number of rotatable bonds is 20. The quantitative estimate of drug-likeness (QED) is 0.0911. The van der Waals surface area contributed by atoms with Crippen LogP contribution in [0.2, 0.25) is 18.1 Å². The Morgan fingerprint density at radius 3 is 1.50 bits per heavy atom. The molecular weight excluding hydrogens is 600 g/mol. The van der Waals surface area contributed by atoms with Crippen molar-refractivity contribution < 1.29 is 37.6 Å². The Morgan fingerprint density at radius 1 is 0.652 bits per heavy atom. The van der Waals surface area contributed by atoms with E-state index in [4.69, 9.17) is 32.8 Å². The highest BCUT2D eigenvalue weighted by Crippen LogP contribution is 2.37. The van der Waals surface area contributed by atoms with Crippen LogP contribution in [0.15, 0.2) is 72.8 Å². The molecule has 9 heteroatoms. The van der Waals surface area contributed by atoms with Gasteiger partial charge < -0.3 is 37.6 Å². The zero-order chi connectivity index (χ0) is 33.6. The van der Waals surface area contributed by atoms with Gasteiger partial charge in [-0.3, -0.25) is 0 Å². The van der Waals surface area contributed by atoms with Crippen LogP contribution in [0.4, 0.5) is 0 Å². The second-order valence-electron chi connectivity index (χ2n) is 12.9. The maximum absolute atomic E-state index is 12.1. The number of ether oxygens (including phenoxy) is 6. The summed E-state index contributed by atoms with van der Waals surface area (Å²) in [6, 6.07) is 23.3. The van der Waals surface area contributed by atoms with Crippen LogP contribution in [0.5, 0.6) is 17.2 Å². The maximum atomic E-state index is 12.1. The average Bonchev–Trinajstić information content (AvgIpc) is 3.05. The molecule has 46 heavy (non-hydrogen) atoms. The van der Waals surface area contributed by atoms with E-state index in [0.29, 0.717) is 33.0 Å². The number of aldehydes is 1. The molecule has 0 fully saturated rings. The molecule has 0 saturated carbocycles. The summed E-state index contributed by atoms with van der Waals surface area (Å²) in [6.45, 7) is 12.8. The minimum atomic E-state index is -2.14. The van der Waals surface area contributed by atoms with Crippen molar-refractivity contribution in [3.63, 3.8) is 0 Å². The van der Waals surface area contributed by atoms with Gasteiger partial charge in [-0.2, -0.15) is 0 Å². The van der Waals surface area contributed by atoms with Gasteiger partial charge >= 0.3 is 0 Å². The zero-order valence-corrected chi connectivity index (χ0v) is 29.7. The van der Waals surface area contributed by atoms with Crippen LogP contribution >= 0.6 is 0 Å². The molecule has 3 rings (SSSR count). The minimum absolute atomic E-state index is 0.0106. The van der Waals surface area contributed by atoms with Crippen LogP contribution in [-0.2, 0) is 43.3 Å². The molecule has 0 aromatic heterocycles. The molecule has 0 aliphatic rings. The molecular formula is C37H52O8Si. The molecule has 3 aromatic rings. The third-order valence-electron chi connectivity index (χ3n) is 8.63. The number of hydrogen-bond donors (Lipinski definition) is 0. The van der Waals surface area contributed by atoms with Crippen molar-refractivity contribution in [1.82, 2.24) is 0 Å². The minimum Gasteiger partial charge on any atom is -0.497 e. The lowest BCUT2D eigenvalue weighted by molar-refractivity contribution is -0.138. The van der Waals surface area contributed by atoms with Gasteiger partial charge in [-0.25, -0.2) is 0 Å². The molecule has 0 bridgehead atoms. The predicted octanol–water partition coefficient (Wildman–Crippen LogP) is 7.63. The second-order valence-corrected chi connectivity index (χ2v) is 17.7. The smallest absolute Gasteiger partial charge is 0.192 e. The first kappa shape index (κ1) is 37.2. The largest absolute Gasteiger partial charge is 0.497 e. The number of methoxy groups -OCH3 is 3. The first-order chi connectivity index (χ1) is 22.0. The molecule has 0 saturated heterocycles. The summed E-state index contributed by atoms with van der Waals surface area (Å²) in [5.74, 6) is 2.06. The maximum Gasteiger partial charge on any atom is 0.192 e. The molecule has 0 aliphatic heterocycles. The summed E-state index contributed by atoms with van der Waals surface area (Å²) < 4.78 is 42.2. The third-order valence-corrected chi connectivity index (χ3v) is 13.1. The Balaban J connectivity index is 1.89. The van der Waals surface area contributed by atoms with Gasteiger partial charge in [0, 0.05) is 12.3 Å². The number of carbonyl (C=O) groups excluding carboxylic acids is 1. The molecule has 0 aliphatic carbocycles. The van der Waals surface area contributed by atoms with Crippen LogP contribution in [0.3, 0.4) is 0 Å². The van der Waals surface area contributed by atoms with E-state index < -0.39 is 20.5 Å². The molecule has 0 unspecified atom stereocenters. The monoisotopic (exact) mass is 652 g/mol. The summed E-state index contributed by atoms with van der Waals surface area (Å²) in [6.07, 6.45) is 0.217. The van der Waals surface area contributed by atoms with Crippen molar-refractivity contribution in [1.29, 1.82) is 0 Å². The summed E-state index contributed by atoms with van der Waals surface area (Å²) in [5.41, 5.74) is 2.98. The van der Waals surface area contributed by atoms with Crippen molar-refractivity contribution >= 4 is 14.6 Å². The molecule has 0 radical (unpaired) electrons. The van der Waals surface area contributed by atoms with E-state index >= 15 is 0 Å². The Kier molecular flexibility index (Phi) is 14.7. The molecule has 8 nitrogen and oxygen atoms in total. The lowest BCUT2D eigenvalue weighted by Crippen LogP contribution is -2.48. The van der Waals surface area contributed by atoms with Gasteiger partial charge in [-0.05, 0) is 71.2 Å². The highest BCUT2D eigenvalue weighted by atomic mass is 28.4. The van der Waals surface area contributed by atoms with Crippen LogP contribution in [0, 0.1) is 5.92 Å². The van der Waals surface area contributed by atoms with E-state index in [-0.39, 0.29) is 17.4 Å². The second kappa shape index (κ2) is 18.2. The van der Waals surface area contributed by atoms with E-state index in [1.165, 1.54) is 0 Å². The van der Waals surface area contributed by atoms with Gasteiger partial charge in [0.25, 0.3) is 0 Å². The van der Waals surface area contributed by atoms with Crippen LogP contribution < -0.4 is 14.2 Å². The molecule has 3 aromatic carbocycles. The zero-order valence-electron chi connectivity index (χ0n) is 28.7.